The number of Topliss-reactive ketones (excluding diaryl/α,β-unsaturated/α-hetero) is 1. The van der Waals surface area contributed by atoms with Crippen LogP contribution in [0.25, 0.3) is 6.08 Å². The second kappa shape index (κ2) is 8.65. The fraction of sp³-hybridized carbons (Fsp3) is 0.0833. The molecule has 0 saturated heterocycles. The van der Waals surface area contributed by atoms with Gasteiger partial charge in [-0.3, -0.25) is 4.79 Å². The van der Waals surface area contributed by atoms with E-state index in [0.29, 0.717) is 22.8 Å². The number of ether oxygens (including phenoxy) is 4. The van der Waals surface area contributed by atoms with Crippen LogP contribution in [0.2, 0.25) is 0 Å². The Balaban J connectivity index is 1.58. The zero-order valence-corrected chi connectivity index (χ0v) is 18.3. The van der Waals surface area contributed by atoms with Crippen molar-refractivity contribution in [3.05, 3.63) is 87.6 Å². The first kappa shape index (κ1) is 20.7. The minimum atomic E-state index is -0.649. The van der Waals surface area contributed by atoms with E-state index < -0.39 is 5.97 Å². The molecule has 6 nitrogen and oxygen atoms in total. The van der Waals surface area contributed by atoms with Gasteiger partial charge >= 0.3 is 5.97 Å². The standard InChI is InChI=1S/C24H17BrO6/c1-28-18-4-3-5-19(29-2)22(18)24(27)30-16-10-11-17-20(13-16)31-21(23(17)26)12-14-6-8-15(25)9-7-14/h3-13H,1-2H3. The Hall–Kier alpha value is -3.58. The number of methoxy groups -OCH3 is 2. The lowest BCUT2D eigenvalue weighted by molar-refractivity contribution is 0.0727. The summed E-state index contributed by atoms with van der Waals surface area (Å²) in [5, 5.41) is 0. The van der Waals surface area contributed by atoms with Crippen LogP contribution in [-0.4, -0.2) is 26.0 Å². The van der Waals surface area contributed by atoms with Crippen LogP contribution in [0.4, 0.5) is 0 Å². The van der Waals surface area contributed by atoms with E-state index in [9.17, 15) is 9.59 Å². The SMILES string of the molecule is COc1cccc(OC)c1C(=O)Oc1ccc2c(c1)OC(=Cc1ccc(Br)cc1)C2=O. The highest BCUT2D eigenvalue weighted by atomic mass is 79.9. The fourth-order valence-electron chi connectivity index (χ4n) is 3.15. The average molecular weight is 481 g/mol. The van der Waals surface area contributed by atoms with Crippen molar-refractivity contribution in [2.24, 2.45) is 0 Å². The van der Waals surface area contributed by atoms with Crippen LogP contribution in [0, 0.1) is 0 Å². The van der Waals surface area contributed by atoms with Gasteiger partial charge in [0.2, 0.25) is 5.78 Å². The number of hydrogen-bond acceptors (Lipinski definition) is 6. The summed E-state index contributed by atoms with van der Waals surface area (Å²) < 4.78 is 22.7. The Morgan fingerprint density at radius 1 is 0.968 bits per heavy atom. The molecule has 3 aromatic carbocycles. The fourth-order valence-corrected chi connectivity index (χ4v) is 3.42. The third-order valence-electron chi connectivity index (χ3n) is 4.65. The molecule has 0 atom stereocenters. The molecular formula is C24H17BrO6. The van der Waals surface area contributed by atoms with Crippen LogP contribution < -0.4 is 18.9 Å². The molecule has 0 radical (unpaired) electrons. The van der Waals surface area contributed by atoms with Gasteiger partial charge in [0, 0.05) is 10.5 Å². The molecule has 7 heteroatoms. The summed E-state index contributed by atoms with van der Waals surface area (Å²) in [4.78, 5) is 25.4. The van der Waals surface area contributed by atoms with E-state index in [0.717, 1.165) is 10.0 Å². The minimum absolute atomic E-state index is 0.167. The van der Waals surface area contributed by atoms with Crippen LogP contribution in [0.15, 0.2) is 70.9 Å². The first-order valence-electron chi connectivity index (χ1n) is 9.27. The lowest BCUT2D eigenvalue weighted by atomic mass is 10.1. The smallest absolute Gasteiger partial charge is 0.351 e. The molecule has 0 aliphatic carbocycles. The molecule has 3 aromatic rings. The maximum atomic E-state index is 12.8. The van der Waals surface area contributed by atoms with Gasteiger partial charge in [0.25, 0.3) is 0 Å². The van der Waals surface area contributed by atoms with E-state index in [2.05, 4.69) is 15.9 Å². The maximum absolute atomic E-state index is 12.8. The Kier molecular flexibility index (Phi) is 5.77. The lowest BCUT2D eigenvalue weighted by Gasteiger charge is -2.12. The van der Waals surface area contributed by atoms with E-state index in [1.54, 1.807) is 36.4 Å². The molecule has 0 aromatic heterocycles. The summed E-state index contributed by atoms with van der Waals surface area (Å²) in [7, 11) is 2.92. The molecule has 0 unspecified atom stereocenters. The largest absolute Gasteiger partial charge is 0.496 e. The highest BCUT2D eigenvalue weighted by Gasteiger charge is 2.28. The number of carbonyl (C=O) groups excluding carboxylic acids is 2. The molecule has 31 heavy (non-hydrogen) atoms. The van der Waals surface area contributed by atoms with Crippen molar-refractivity contribution in [3.63, 3.8) is 0 Å². The molecule has 0 spiro atoms. The maximum Gasteiger partial charge on any atom is 0.351 e. The lowest BCUT2D eigenvalue weighted by Crippen LogP contribution is -2.12. The van der Waals surface area contributed by atoms with E-state index >= 15 is 0 Å². The van der Waals surface area contributed by atoms with Gasteiger partial charge in [-0.25, -0.2) is 4.79 Å². The predicted molar refractivity (Wildman–Crippen MR) is 118 cm³/mol. The van der Waals surface area contributed by atoms with Gasteiger partial charge in [-0.05, 0) is 48.0 Å². The monoisotopic (exact) mass is 480 g/mol. The van der Waals surface area contributed by atoms with Gasteiger partial charge in [0.15, 0.2) is 5.76 Å². The molecule has 0 N–H and O–H groups in total. The number of hydrogen-bond donors (Lipinski definition) is 0. The van der Waals surface area contributed by atoms with E-state index in [1.807, 2.05) is 24.3 Å². The second-order valence-electron chi connectivity index (χ2n) is 6.58. The summed E-state index contributed by atoms with van der Waals surface area (Å²) in [6, 6.07) is 17.1. The number of fused-ring (bicyclic) bond motifs is 1. The first-order chi connectivity index (χ1) is 15.0. The van der Waals surface area contributed by atoms with Crippen LogP contribution in [0.3, 0.4) is 0 Å². The van der Waals surface area contributed by atoms with Crippen molar-refractivity contribution in [2.75, 3.05) is 14.2 Å². The van der Waals surface area contributed by atoms with Crippen molar-refractivity contribution in [3.8, 4) is 23.0 Å². The molecule has 0 amide bonds. The van der Waals surface area contributed by atoms with Crippen molar-refractivity contribution in [2.45, 2.75) is 0 Å². The number of esters is 1. The molecule has 0 saturated carbocycles. The van der Waals surface area contributed by atoms with Crippen molar-refractivity contribution < 1.29 is 28.5 Å². The van der Waals surface area contributed by atoms with Gasteiger partial charge in [0.05, 0.1) is 19.8 Å². The Morgan fingerprint density at radius 2 is 1.65 bits per heavy atom. The van der Waals surface area contributed by atoms with Crippen LogP contribution in [-0.2, 0) is 0 Å². The Labute approximate surface area is 187 Å². The highest BCUT2D eigenvalue weighted by molar-refractivity contribution is 9.10. The number of ketones is 1. The van der Waals surface area contributed by atoms with Gasteiger partial charge in [0.1, 0.15) is 28.6 Å². The number of carbonyl (C=O) groups is 2. The molecule has 0 fully saturated rings. The summed E-state index contributed by atoms with van der Waals surface area (Å²) in [5.74, 6) is 0.534. The molecule has 0 bridgehead atoms. The van der Waals surface area contributed by atoms with E-state index in [4.69, 9.17) is 18.9 Å². The topological polar surface area (TPSA) is 71.1 Å². The zero-order chi connectivity index (χ0) is 22.0. The van der Waals surface area contributed by atoms with Crippen molar-refractivity contribution in [1.29, 1.82) is 0 Å². The normalized spacial score (nSPS) is 13.5. The average Bonchev–Trinajstić information content (AvgIpc) is 3.09. The van der Waals surface area contributed by atoms with Gasteiger partial charge < -0.3 is 18.9 Å². The molecule has 156 valence electrons. The zero-order valence-electron chi connectivity index (χ0n) is 16.7. The quantitative estimate of drug-likeness (QED) is 0.280. The number of benzene rings is 3. The Bertz CT molecular complexity index is 1170. The molecule has 1 aliphatic heterocycles. The number of allylic oxidation sites excluding steroid dienone is 1. The van der Waals surface area contributed by atoms with Crippen LogP contribution >= 0.6 is 15.9 Å². The molecular weight excluding hydrogens is 464 g/mol. The molecule has 4 rings (SSSR count). The van der Waals surface area contributed by atoms with Gasteiger partial charge in [-0.1, -0.05) is 34.1 Å². The summed E-state index contributed by atoms with van der Waals surface area (Å²) in [6.45, 7) is 0. The second-order valence-corrected chi connectivity index (χ2v) is 7.49. The third kappa shape index (κ3) is 4.18. The first-order valence-corrected chi connectivity index (χ1v) is 10.1. The van der Waals surface area contributed by atoms with Gasteiger partial charge in [-0.2, -0.15) is 0 Å². The Morgan fingerprint density at radius 3 is 2.29 bits per heavy atom. The van der Waals surface area contributed by atoms with Crippen molar-refractivity contribution >= 4 is 33.8 Å². The highest BCUT2D eigenvalue weighted by Crippen LogP contribution is 2.36. The van der Waals surface area contributed by atoms with E-state index in [1.165, 1.54) is 20.3 Å². The number of rotatable bonds is 5. The summed E-state index contributed by atoms with van der Waals surface area (Å²) in [6.07, 6.45) is 1.67. The van der Waals surface area contributed by atoms with Crippen LogP contribution in [0.5, 0.6) is 23.0 Å². The molecule has 1 heterocycles. The summed E-state index contributed by atoms with van der Waals surface area (Å²) in [5.41, 5.74) is 1.40. The predicted octanol–water partition coefficient (Wildman–Crippen LogP) is 5.30. The minimum Gasteiger partial charge on any atom is -0.496 e. The van der Waals surface area contributed by atoms with Crippen molar-refractivity contribution in [1.82, 2.24) is 0 Å². The molecule has 1 aliphatic rings. The third-order valence-corrected chi connectivity index (χ3v) is 5.18. The number of halogens is 1. The van der Waals surface area contributed by atoms with Gasteiger partial charge in [-0.15, -0.1) is 0 Å². The summed E-state index contributed by atoms with van der Waals surface area (Å²) >= 11 is 3.38. The van der Waals surface area contributed by atoms with Crippen LogP contribution in [0.1, 0.15) is 26.3 Å². The van der Waals surface area contributed by atoms with E-state index in [-0.39, 0.29) is 22.9 Å².